The van der Waals surface area contributed by atoms with Gasteiger partial charge in [0.25, 0.3) is 0 Å². The summed E-state index contributed by atoms with van der Waals surface area (Å²) in [6.07, 6.45) is 3.72. The molecule has 0 aromatic rings. The van der Waals surface area contributed by atoms with Crippen molar-refractivity contribution in [3.05, 3.63) is 0 Å². The van der Waals surface area contributed by atoms with E-state index in [1.54, 1.807) is 0 Å². The molecule has 3 heteroatoms. The van der Waals surface area contributed by atoms with Crippen LogP contribution in [0.1, 0.15) is 33.1 Å². The van der Waals surface area contributed by atoms with E-state index in [0.717, 1.165) is 13.0 Å². The van der Waals surface area contributed by atoms with Gasteiger partial charge in [0.15, 0.2) is 0 Å². The van der Waals surface area contributed by atoms with Crippen molar-refractivity contribution in [2.45, 2.75) is 39.2 Å². The average molecular weight is 190 g/mol. The van der Waals surface area contributed by atoms with E-state index in [-0.39, 0.29) is 12.7 Å². The molecule has 0 aliphatic rings. The van der Waals surface area contributed by atoms with Crippen LogP contribution in [0.5, 0.6) is 0 Å². The van der Waals surface area contributed by atoms with Gasteiger partial charge in [-0.3, -0.25) is 0 Å². The van der Waals surface area contributed by atoms with Crippen LogP contribution in [0.15, 0.2) is 0 Å². The zero-order valence-electron chi connectivity index (χ0n) is 8.79. The molecular formula is C10H22O3. The molecule has 0 heterocycles. The lowest BCUT2D eigenvalue weighted by Crippen LogP contribution is -2.17. The van der Waals surface area contributed by atoms with E-state index in [2.05, 4.69) is 6.92 Å². The quantitative estimate of drug-likeness (QED) is 0.561. The summed E-state index contributed by atoms with van der Waals surface area (Å²) in [5, 5.41) is 8.46. The van der Waals surface area contributed by atoms with E-state index < -0.39 is 0 Å². The largest absolute Gasteiger partial charge is 0.394 e. The predicted octanol–water partition coefficient (Wildman–Crippen LogP) is 1.59. The van der Waals surface area contributed by atoms with Crippen molar-refractivity contribution in [2.24, 2.45) is 0 Å². The molecule has 1 atom stereocenters. The first-order valence-corrected chi connectivity index (χ1v) is 5.11. The molecule has 0 aromatic carbocycles. The monoisotopic (exact) mass is 190 g/mol. The van der Waals surface area contributed by atoms with Crippen molar-refractivity contribution >= 4 is 0 Å². The molecule has 0 aliphatic carbocycles. The Bertz CT molecular complexity index is 96.2. The Kier molecular flexibility index (Phi) is 9.87. The van der Waals surface area contributed by atoms with Gasteiger partial charge in [0.1, 0.15) is 0 Å². The number of hydrogen-bond acceptors (Lipinski definition) is 3. The van der Waals surface area contributed by atoms with Gasteiger partial charge in [-0.1, -0.05) is 19.8 Å². The topological polar surface area (TPSA) is 38.7 Å². The predicted molar refractivity (Wildman–Crippen MR) is 52.8 cm³/mol. The summed E-state index contributed by atoms with van der Waals surface area (Å²) in [6.45, 7) is 6.05. The van der Waals surface area contributed by atoms with Crippen LogP contribution >= 0.6 is 0 Å². The van der Waals surface area contributed by atoms with Crippen LogP contribution in [0.3, 0.4) is 0 Å². The Hall–Kier alpha value is -0.120. The molecule has 0 saturated carbocycles. The fourth-order valence-electron chi connectivity index (χ4n) is 0.999. The van der Waals surface area contributed by atoms with E-state index in [4.69, 9.17) is 14.6 Å². The van der Waals surface area contributed by atoms with E-state index in [1.807, 2.05) is 6.92 Å². The maximum atomic E-state index is 8.46. The lowest BCUT2D eigenvalue weighted by molar-refractivity contribution is -0.0155. The van der Waals surface area contributed by atoms with Gasteiger partial charge in [0.05, 0.1) is 25.9 Å². The fraction of sp³-hybridized carbons (Fsp3) is 1.00. The first-order valence-electron chi connectivity index (χ1n) is 5.11. The third-order valence-corrected chi connectivity index (χ3v) is 1.74. The van der Waals surface area contributed by atoms with E-state index in [9.17, 15) is 0 Å². The number of rotatable bonds is 9. The first-order chi connectivity index (χ1) is 6.31. The average Bonchev–Trinajstić information content (AvgIpc) is 2.13. The van der Waals surface area contributed by atoms with Crippen LogP contribution in [0.2, 0.25) is 0 Å². The number of unbranched alkanes of at least 4 members (excludes halogenated alkanes) is 2. The van der Waals surface area contributed by atoms with Gasteiger partial charge in [-0.15, -0.1) is 0 Å². The van der Waals surface area contributed by atoms with Crippen molar-refractivity contribution in [2.75, 3.05) is 26.4 Å². The lowest BCUT2D eigenvalue weighted by atomic mass is 10.3. The molecule has 0 spiro atoms. The molecule has 0 radical (unpaired) electrons. The van der Waals surface area contributed by atoms with Gasteiger partial charge < -0.3 is 14.6 Å². The third kappa shape index (κ3) is 9.80. The van der Waals surface area contributed by atoms with Gasteiger partial charge in [0, 0.05) is 6.61 Å². The Morgan fingerprint density at radius 2 is 2.00 bits per heavy atom. The highest BCUT2D eigenvalue weighted by Gasteiger charge is 2.00. The highest BCUT2D eigenvalue weighted by atomic mass is 16.5. The maximum Gasteiger partial charge on any atom is 0.0780 e. The van der Waals surface area contributed by atoms with Crippen molar-refractivity contribution in [1.29, 1.82) is 0 Å². The van der Waals surface area contributed by atoms with Crippen molar-refractivity contribution < 1.29 is 14.6 Å². The maximum absolute atomic E-state index is 8.46. The summed E-state index contributed by atoms with van der Waals surface area (Å²) in [7, 11) is 0. The molecule has 1 unspecified atom stereocenters. The summed E-state index contributed by atoms with van der Waals surface area (Å²) in [4.78, 5) is 0. The highest BCUT2D eigenvalue weighted by Crippen LogP contribution is 1.98. The molecule has 0 aliphatic heterocycles. The Morgan fingerprint density at radius 3 is 2.62 bits per heavy atom. The number of hydrogen-bond donors (Lipinski definition) is 1. The smallest absolute Gasteiger partial charge is 0.0780 e. The normalized spacial score (nSPS) is 13.2. The first kappa shape index (κ1) is 12.9. The summed E-state index contributed by atoms with van der Waals surface area (Å²) < 4.78 is 10.6. The van der Waals surface area contributed by atoms with E-state index >= 15 is 0 Å². The summed E-state index contributed by atoms with van der Waals surface area (Å²) in [5.74, 6) is 0. The second-order valence-electron chi connectivity index (χ2n) is 3.19. The van der Waals surface area contributed by atoms with Gasteiger partial charge in [-0.05, 0) is 13.3 Å². The van der Waals surface area contributed by atoms with Crippen LogP contribution in [0, 0.1) is 0 Å². The van der Waals surface area contributed by atoms with Crippen LogP contribution < -0.4 is 0 Å². The summed E-state index contributed by atoms with van der Waals surface area (Å²) in [6, 6.07) is 0. The second kappa shape index (κ2) is 9.96. The summed E-state index contributed by atoms with van der Waals surface area (Å²) in [5.41, 5.74) is 0. The van der Waals surface area contributed by atoms with E-state index in [0.29, 0.717) is 13.2 Å². The van der Waals surface area contributed by atoms with Gasteiger partial charge >= 0.3 is 0 Å². The zero-order valence-corrected chi connectivity index (χ0v) is 8.79. The molecule has 1 N–H and O–H groups in total. The summed E-state index contributed by atoms with van der Waals surface area (Å²) >= 11 is 0. The zero-order chi connectivity index (χ0) is 9.94. The minimum absolute atomic E-state index is 0.0859. The molecular weight excluding hydrogens is 168 g/mol. The van der Waals surface area contributed by atoms with Crippen LogP contribution in [0.4, 0.5) is 0 Å². The van der Waals surface area contributed by atoms with Crippen LogP contribution in [-0.2, 0) is 9.47 Å². The SMILES string of the molecule is CCCCCOC(C)COCCO. The van der Waals surface area contributed by atoms with Crippen LogP contribution in [0.25, 0.3) is 0 Å². The van der Waals surface area contributed by atoms with Crippen LogP contribution in [-0.4, -0.2) is 37.6 Å². The molecule has 0 amide bonds. The standard InChI is InChI=1S/C10H22O3/c1-3-4-5-7-13-10(2)9-12-8-6-11/h10-11H,3-9H2,1-2H3. The van der Waals surface area contributed by atoms with Crippen molar-refractivity contribution in [3.8, 4) is 0 Å². The fourth-order valence-corrected chi connectivity index (χ4v) is 0.999. The van der Waals surface area contributed by atoms with Gasteiger partial charge in [0.2, 0.25) is 0 Å². The number of ether oxygens (including phenoxy) is 2. The molecule has 0 bridgehead atoms. The molecule has 0 aromatic heterocycles. The molecule has 13 heavy (non-hydrogen) atoms. The number of aliphatic hydroxyl groups is 1. The molecule has 0 fully saturated rings. The molecule has 3 nitrogen and oxygen atoms in total. The Labute approximate surface area is 81.0 Å². The minimum Gasteiger partial charge on any atom is -0.394 e. The van der Waals surface area contributed by atoms with Gasteiger partial charge in [-0.25, -0.2) is 0 Å². The molecule has 0 saturated heterocycles. The molecule has 0 rings (SSSR count). The lowest BCUT2D eigenvalue weighted by Gasteiger charge is -2.12. The minimum atomic E-state index is 0.0859. The van der Waals surface area contributed by atoms with Gasteiger partial charge in [-0.2, -0.15) is 0 Å². The van der Waals surface area contributed by atoms with Crippen molar-refractivity contribution in [1.82, 2.24) is 0 Å². The highest BCUT2D eigenvalue weighted by molar-refractivity contribution is 4.47. The third-order valence-electron chi connectivity index (χ3n) is 1.74. The Morgan fingerprint density at radius 1 is 1.23 bits per heavy atom. The number of aliphatic hydroxyl groups excluding tert-OH is 1. The molecule has 80 valence electrons. The van der Waals surface area contributed by atoms with E-state index in [1.165, 1.54) is 12.8 Å². The van der Waals surface area contributed by atoms with Crippen molar-refractivity contribution in [3.63, 3.8) is 0 Å². The second-order valence-corrected chi connectivity index (χ2v) is 3.19. The Balaban J connectivity index is 3.05.